The van der Waals surface area contributed by atoms with Gasteiger partial charge in [-0.05, 0) is 43.3 Å². The van der Waals surface area contributed by atoms with Gasteiger partial charge in [-0.15, -0.1) is 0 Å². The predicted octanol–water partition coefficient (Wildman–Crippen LogP) is 0.833. The van der Waals surface area contributed by atoms with Crippen LogP contribution >= 0.6 is 12.2 Å². The van der Waals surface area contributed by atoms with Gasteiger partial charge < -0.3 is 20.3 Å². The lowest BCUT2D eigenvalue weighted by Crippen LogP contribution is -3.12. The van der Waals surface area contributed by atoms with Crippen molar-refractivity contribution in [1.29, 1.82) is 0 Å². The van der Waals surface area contributed by atoms with Crippen LogP contribution in [0.3, 0.4) is 0 Å². The Labute approximate surface area is 173 Å². The monoisotopic (exact) mass is 427 g/mol. The molecule has 1 aliphatic carbocycles. The van der Waals surface area contributed by atoms with E-state index in [1.807, 2.05) is 0 Å². The highest BCUT2D eigenvalue weighted by Gasteiger charge is 2.29. The first-order chi connectivity index (χ1) is 13.4. The Morgan fingerprint density at radius 3 is 2.54 bits per heavy atom. The van der Waals surface area contributed by atoms with Gasteiger partial charge in [0.05, 0.1) is 50.9 Å². The Morgan fingerprint density at radius 1 is 1.21 bits per heavy atom. The third-order valence-electron chi connectivity index (χ3n) is 5.57. The van der Waals surface area contributed by atoms with E-state index in [2.05, 4.69) is 17.7 Å². The highest BCUT2D eigenvalue weighted by molar-refractivity contribution is 7.89. The van der Waals surface area contributed by atoms with Gasteiger partial charge in [-0.25, -0.2) is 8.42 Å². The van der Waals surface area contributed by atoms with Crippen LogP contribution in [0.4, 0.5) is 5.69 Å². The summed E-state index contributed by atoms with van der Waals surface area (Å²) in [5, 5.41) is 6.99. The molecule has 0 radical (unpaired) electrons. The summed E-state index contributed by atoms with van der Waals surface area (Å²) in [6.45, 7) is 2.70. The number of hydrogen-bond acceptors (Lipinski definition) is 4. The smallest absolute Gasteiger partial charge is 0.243 e. The number of anilines is 1. The van der Waals surface area contributed by atoms with Crippen molar-refractivity contribution in [3.63, 3.8) is 0 Å². The van der Waals surface area contributed by atoms with Crippen molar-refractivity contribution >= 4 is 33.0 Å². The molecule has 28 heavy (non-hydrogen) atoms. The predicted molar refractivity (Wildman–Crippen MR) is 115 cm³/mol. The molecule has 1 saturated heterocycles. The van der Waals surface area contributed by atoms with E-state index in [0.29, 0.717) is 35.7 Å². The van der Waals surface area contributed by atoms with Gasteiger partial charge >= 0.3 is 0 Å². The maximum Gasteiger partial charge on any atom is 0.243 e. The molecule has 1 heterocycles. The quantitative estimate of drug-likeness (QED) is 0.605. The largest absolute Gasteiger partial charge is 0.495 e. The van der Waals surface area contributed by atoms with Crippen LogP contribution in [0.1, 0.15) is 32.1 Å². The zero-order valence-electron chi connectivity index (χ0n) is 16.7. The number of methoxy groups -OCH3 is 1. The van der Waals surface area contributed by atoms with Crippen LogP contribution in [0, 0.1) is 0 Å². The van der Waals surface area contributed by atoms with Gasteiger partial charge in [0.2, 0.25) is 10.0 Å². The van der Waals surface area contributed by atoms with Gasteiger partial charge in [0.1, 0.15) is 5.75 Å². The minimum Gasteiger partial charge on any atom is -0.495 e. The zero-order chi connectivity index (χ0) is 20.1. The van der Waals surface area contributed by atoms with Gasteiger partial charge in [0.25, 0.3) is 0 Å². The van der Waals surface area contributed by atoms with Crippen molar-refractivity contribution in [2.24, 2.45) is 0 Å². The summed E-state index contributed by atoms with van der Waals surface area (Å²) in [6, 6.07) is 5.27. The number of ether oxygens (including phenoxy) is 1. The summed E-state index contributed by atoms with van der Waals surface area (Å²) in [5.74, 6) is 0.564. The first-order valence-electron chi connectivity index (χ1n) is 9.97. The fourth-order valence-corrected chi connectivity index (χ4v) is 5.54. The normalized spacial score (nSPS) is 19.9. The average Bonchev–Trinajstić information content (AvgIpc) is 2.69. The van der Waals surface area contributed by atoms with Crippen molar-refractivity contribution in [1.82, 2.24) is 9.62 Å². The number of nitrogens with one attached hydrogen (secondary N) is 3. The molecule has 3 rings (SSSR count). The standard InChI is InChI=1S/C19H30N4O3S2/c1-22-10-12-23(13-11-22)28(24,25)16-8-9-18(26-2)17(14-16)21-19(27)20-15-6-4-3-5-7-15/h8-9,14-15H,3-7,10-13H2,1-2H3,(H2,20,21,27)/p+1. The second kappa shape index (κ2) is 9.39. The highest BCUT2D eigenvalue weighted by atomic mass is 32.2. The minimum atomic E-state index is -3.54. The molecule has 2 fully saturated rings. The molecule has 156 valence electrons. The second-order valence-electron chi connectivity index (χ2n) is 7.66. The highest BCUT2D eigenvalue weighted by Crippen LogP contribution is 2.29. The van der Waals surface area contributed by atoms with Crippen LogP contribution in [0.15, 0.2) is 23.1 Å². The number of quaternary nitrogens is 1. The fourth-order valence-electron chi connectivity index (χ4n) is 3.79. The van der Waals surface area contributed by atoms with Crippen molar-refractivity contribution in [3.8, 4) is 5.75 Å². The molecule has 0 spiro atoms. The van der Waals surface area contributed by atoms with E-state index in [1.54, 1.807) is 29.6 Å². The number of thiocarbonyl (C=S) groups is 1. The lowest BCUT2D eigenvalue weighted by molar-refractivity contribution is -0.883. The van der Waals surface area contributed by atoms with E-state index in [1.165, 1.54) is 24.2 Å². The summed E-state index contributed by atoms with van der Waals surface area (Å²) < 4.78 is 33.1. The number of piperazine rings is 1. The summed E-state index contributed by atoms with van der Waals surface area (Å²) >= 11 is 5.46. The molecule has 9 heteroatoms. The molecule has 0 aromatic heterocycles. The van der Waals surface area contributed by atoms with Gasteiger partial charge in [-0.3, -0.25) is 0 Å². The number of sulfonamides is 1. The zero-order valence-corrected chi connectivity index (χ0v) is 18.3. The van der Waals surface area contributed by atoms with Crippen molar-refractivity contribution in [2.75, 3.05) is 45.7 Å². The van der Waals surface area contributed by atoms with E-state index < -0.39 is 10.0 Å². The van der Waals surface area contributed by atoms with E-state index >= 15 is 0 Å². The molecular weight excluding hydrogens is 396 g/mol. The summed E-state index contributed by atoms with van der Waals surface area (Å²) in [6.07, 6.45) is 5.92. The summed E-state index contributed by atoms with van der Waals surface area (Å²) in [5.41, 5.74) is 0.566. The Balaban J connectivity index is 1.74. The molecular formula is C19H31N4O3S2+. The summed E-state index contributed by atoms with van der Waals surface area (Å²) in [7, 11) is 0.113. The fraction of sp³-hybridized carbons (Fsp3) is 0.632. The lowest BCUT2D eigenvalue weighted by Gasteiger charge is -2.29. The van der Waals surface area contributed by atoms with Crippen LogP contribution in [0.5, 0.6) is 5.75 Å². The average molecular weight is 428 g/mol. The molecule has 0 unspecified atom stereocenters. The number of rotatable bonds is 5. The van der Waals surface area contributed by atoms with Gasteiger partial charge in [-0.2, -0.15) is 4.31 Å². The maximum atomic E-state index is 13.0. The number of likely N-dealkylation sites (N-methyl/N-ethyl adjacent to an activating group) is 1. The molecule has 2 aliphatic rings. The first-order valence-corrected chi connectivity index (χ1v) is 11.8. The van der Waals surface area contributed by atoms with Crippen LogP contribution in [-0.4, -0.2) is 64.2 Å². The number of nitrogens with zero attached hydrogens (tertiary/aromatic N) is 1. The topological polar surface area (TPSA) is 75.1 Å². The van der Waals surface area contributed by atoms with Crippen LogP contribution < -0.4 is 20.3 Å². The van der Waals surface area contributed by atoms with Gasteiger partial charge in [0, 0.05) is 6.04 Å². The SMILES string of the molecule is COc1ccc(S(=O)(=O)N2CC[NH+](C)CC2)cc1NC(=S)NC1CCCCC1. The van der Waals surface area contributed by atoms with Crippen molar-refractivity contribution < 1.29 is 18.1 Å². The Morgan fingerprint density at radius 2 is 1.89 bits per heavy atom. The van der Waals surface area contributed by atoms with Crippen molar-refractivity contribution in [3.05, 3.63) is 18.2 Å². The van der Waals surface area contributed by atoms with E-state index in [4.69, 9.17) is 17.0 Å². The van der Waals surface area contributed by atoms with Crippen LogP contribution in [0.2, 0.25) is 0 Å². The van der Waals surface area contributed by atoms with Gasteiger partial charge in [0.15, 0.2) is 5.11 Å². The third kappa shape index (κ3) is 5.14. The first kappa shape index (κ1) is 21.3. The maximum absolute atomic E-state index is 13.0. The molecule has 1 aliphatic heterocycles. The molecule has 1 saturated carbocycles. The Bertz CT molecular complexity index is 786. The van der Waals surface area contributed by atoms with E-state index in [0.717, 1.165) is 25.9 Å². The molecule has 7 nitrogen and oxygen atoms in total. The third-order valence-corrected chi connectivity index (χ3v) is 7.69. The molecule has 0 amide bonds. The summed E-state index contributed by atoms with van der Waals surface area (Å²) in [4.78, 5) is 1.61. The van der Waals surface area contributed by atoms with E-state index in [9.17, 15) is 8.42 Å². The molecule has 3 N–H and O–H groups in total. The minimum absolute atomic E-state index is 0.260. The number of benzene rings is 1. The number of hydrogen-bond donors (Lipinski definition) is 3. The van der Waals surface area contributed by atoms with Crippen LogP contribution in [0.25, 0.3) is 0 Å². The van der Waals surface area contributed by atoms with Crippen molar-refractivity contribution in [2.45, 2.75) is 43.0 Å². The van der Waals surface area contributed by atoms with Crippen LogP contribution in [-0.2, 0) is 10.0 Å². The Hall–Kier alpha value is -1.42. The lowest BCUT2D eigenvalue weighted by atomic mass is 9.96. The van der Waals surface area contributed by atoms with Gasteiger partial charge in [-0.1, -0.05) is 19.3 Å². The van der Waals surface area contributed by atoms with E-state index in [-0.39, 0.29) is 4.90 Å². The molecule has 1 aromatic rings. The molecule has 0 bridgehead atoms. The molecule has 1 aromatic carbocycles. The Kier molecular flexibility index (Phi) is 7.14. The second-order valence-corrected chi connectivity index (χ2v) is 10.0. The molecule has 0 atom stereocenters.